The Labute approximate surface area is 323 Å². The number of nitrogens with one attached hydrogen (secondary N) is 4. The molecule has 0 radical (unpaired) electrons. The number of carbonyl (C=O) groups is 6. The van der Waals surface area contributed by atoms with Crippen LogP contribution in [0.4, 0.5) is 0 Å². The number of fused-ring (bicyclic) bond motifs is 2. The summed E-state index contributed by atoms with van der Waals surface area (Å²) in [6.45, 7) is 4.60. The van der Waals surface area contributed by atoms with E-state index in [0.717, 1.165) is 6.26 Å². The number of hydrogen-bond acceptors (Lipinski definition) is 10. The average Bonchev–Trinajstić information content (AvgIpc) is 3.75. The smallest absolute Gasteiger partial charge is 0.370 e. The third kappa shape index (κ3) is 10.1. The summed E-state index contributed by atoms with van der Waals surface area (Å²) < 4.78 is 35.1. The number of H-pyrrole nitrogens is 1. The van der Waals surface area contributed by atoms with Crippen molar-refractivity contribution >= 4 is 63.4 Å². The summed E-state index contributed by atoms with van der Waals surface area (Å²) in [7, 11) is -8.46. The topological polar surface area (TPSA) is 278 Å². The van der Waals surface area contributed by atoms with Gasteiger partial charge in [0.1, 0.15) is 23.8 Å². The molecule has 2 saturated heterocycles. The van der Waals surface area contributed by atoms with E-state index < -0.39 is 70.6 Å². The second-order valence-electron chi connectivity index (χ2n) is 14.4. The number of aromatic nitrogens is 1. The molecule has 0 spiro atoms. The van der Waals surface area contributed by atoms with Crippen molar-refractivity contribution in [3.63, 3.8) is 0 Å². The highest BCUT2D eigenvalue weighted by atomic mass is 32.2. The molecule has 2 aliphatic rings. The molecular formula is C36H46N7O11PS. The molecule has 2 aromatic carbocycles. The van der Waals surface area contributed by atoms with Gasteiger partial charge in [-0.15, -0.1) is 0 Å². The number of primary amides is 1. The molecule has 18 nitrogen and oxygen atoms in total. The lowest BCUT2D eigenvalue weighted by molar-refractivity contribution is -0.144. The number of hydrogen-bond donors (Lipinski definition) is 7. The molecule has 2 fully saturated rings. The van der Waals surface area contributed by atoms with Crippen LogP contribution in [0, 0.1) is 0 Å². The molecule has 5 rings (SSSR count). The van der Waals surface area contributed by atoms with Crippen LogP contribution in [0.25, 0.3) is 10.9 Å². The van der Waals surface area contributed by atoms with Crippen molar-refractivity contribution in [1.29, 1.82) is 0 Å². The lowest BCUT2D eigenvalue weighted by Gasteiger charge is -2.40. The van der Waals surface area contributed by atoms with Gasteiger partial charge in [-0.25, -0.2) is 8.42 Å². The quantitative estimate of drug-likeness (QED) is 0.110. The van der Waals surface area contributed by atoms with Crippen LogP contribution in [0.15, 0.2) is 53.4 Å². The standard InChI is InChI=1S/C36H46N7O11PS/c1-20(2)42-15-14-24-7-12-30(34(47)40-27(11-13-31(37)44)32(45)38-18-21-4-8-25(9-5-21)56(3,53)54)43(24)35(48)29(19-42)41-33(46)28-17-23-16-22(6-10-26(23)39-28)36(49)55(50,51)52/h4-6,8-10,16-17,20,24,27,29-30,39H,7,11-15,18-19H2,1-3H3,(H2,37,44)(H,38,45)(H,40,47)(H,41,46)(H2,50,51,52)/t24-,27+,29+,30+/m1/s1. The van der Waals surface area contributed by atoms with Gasteiger partial charge < -0.3 is 41.4 Å². The minimum atomic E-state index is -5.04. The number of aromatic amines is 1. The Balaban J connectivity index is 1.33. The number of carbonyl (C=O) groups excluding carboxylic acids is 6. The first-order valence-corrected chi connectivity index (χ1v) is 21.5. The molecule has 2 aliphatic heterocycles. The molecule has 0 bridgehead atoms. The van der Waals surface area contributed by atoms with Crippen molar-refractivity contribution in [2.45, 2.75) is 87.6 Å². The molecule has 0 unspecified atom stereocenters. The fraction of sp³-hybridized carbons (Fsp3) is 0.444. The van der Waals surface area contributed by atoms with E-state index in [0.29, 0.717) is 35.9 Å². The van der Waals surface area contributed by atoms with E-state index in [1.807, 2.05) is 13.8 Å². The van der Waals surface area contributed by atoms with Crippen molar-refractivity contribution in [3.8, 4) is 0 Å². The van der Waals surface area contributed by atoms with Crippen LogP contribution in [0.1, 0.15) is 72.4 Å². The van der Waals surface area contributed by atoms with E-state index in [1.54, 1.807) is 12.1 Å². The van der Waals surface area contributed by atoms with Crippen molar-refractivity contribution < 1.29 is 51.5 Å². The molecule has 3 aromatic rings. The van der Waals surface area contributed by atoms with Crippen LogP contribution in [0.3, 0.4) is 0 Å². The first kappa shape index (κ1) is 42.2. The molecule has 302 valence electrons. The van der Waals surface area contributed by atoms with E-state index in [4.69, 9.17) is 5.73 Å². The monoisotopic (exact) mass is 815 g/mol. The van der Waals surface area contributed by atoms with E-state index in [9.17, 15) is 51.5 Å². The lowest BCUT2D eigenvalue weighted by Crippen LogP contribution is -2.62. The molecule has 0 saturated carbocycles. The highest BCUT2D eigenvalue weighted by Crippen LogP contribution is 2.39. The maximum atomic E-state index is 14.4. The fourth-order valence-corrected chi connectivity index (χ4v) is 8.12. The molecule has 0 aliphatic carbocycles. The Bertz CT molecular complexity index is 2190. The summed E-state index contributed by atoms with van der Waals surface area (Å²) in [5, 5.41) is 8.53. The van der Waals surface area contributed by atoms with Crippen molar-refractivity contribution in [2.24, 2.45) is 5.73 Å². The zero-order valence-corrected chi connectivity index (χ0v) is 32.8. The molecule has 5 amide bonds. The molecule has 56 heavy (non-hydrogen) atoms. The number of amides is 5. The van der Waals surface area contributed by atoms with E-state index in [-0.39, 0.29) is 60.6 Å². The van der Waals surface area contributed by atoms with E-state index in [2.05, 4.69) is 25.8 Å². The van der Waals surface area contributed by atoms with Gasteiger partial charge in [0.2, 0.25) is 23.6 Å². The van der Waals surface area contributed by atoms with Crippen LogP contribution in [0.5, 0.6) is 0 Å². The summed E-state index contributed by atoms with van der Waals surface area (Å²) in [5.41, 5.74) is 4.78. The first-order valence-electron chi connectivity index (χ1n) is 18.0. The zero-order valence-electron chi connectivity index (χ0n) is 31.1. The highest BCUT2D eigenvalue weighted by molar-refractivity contribution is 7.90. The Hall–Kier alpha value is -4.94. The zero-order chi connectivity index (χ0) is 41.1. The number of benzene rings is 2. The molecule has 1 aromatic heterocycles. The predicted octanol–water partition coefficient (Wildman–Crippen LogP) is 0.528. The maximum Gasteiger partial charge on any atom is 0.396 e. The van der Waals surface area contributed by atoms with Crippen molar-refractivity contribution in [3.05, 3.63) is 65.4 Å². The summed E-state index contributed by atoms with van der Waals surface area (Å²) in [6, 6.07) is 7.53. The summed E-state index contributed by atoms with van der Waals surface area (Å²) in [5.74, 6) is -3.10. The third-order valence-electron chi connectivity index (χ3n) is 10.1. The van der Waals surface area contributed by atoms with Gasteiger partial charge in [-0.1, -0.05) is 12.1 Å². The fourth-order valence-electron chi connectivity index (χ4n) is 7.01. The highest BCUT2D eigenvalue weighted by Gasteiger charge is 2.46. The Kier molecular flexibility index (Phi) is 12.9. The van der Waals surface area contributed by atoms with Gasteiger partial charge in [-0.2, -0.15) is 0 Å². The van der Waals surface area contributed by atoms with Gasteiger partial charge in [0.25, 0.3) is 11.4 Å². The minimum absolute atomic E-state index is 0.00127. The van der Waals surface area contributed by atoms with Crippen LogP contribution in [-0.4, -0.2) is 118 Å². The third-order valence-corrected chi connectivity index (χ3v) is 12.0. The maximum absolute atomic E-state index is 14.4. The number of rotatable bonds is 14. The molecular weight excluding hydrogens is 769 g/mol. The summed E-state index contributed by atoms with van der Waals surface area (Å²) in [6.07, 6.45) is 2.05. The van der Waals surface area contributed by atoms with Crippen molar-refractivity contribution in [2.75, 3.05) is 19.3 Å². The molecule has 8 N–H and O–H groups in total. The van der Waals surface area contributed by atoms with Gasteiger partial charge in [-0.05, 0) is 81.5 Å². The largest absolute Gasteiger partial charge is 0.396 e. The Morgan fingerprint density at radius 3 is 2.34 bits per heavy atom. The van der Waals surface area contributed by atoms with E-state index in [1.165, 1.54) is 41.3 Å². The lowest BCUT2D eigenvalue weighted by atomic mass is 10.1. The van der Waals surface area contributed by atoms with Gasteiger partial charge in [-0.3, -0.25) is 38.2 Å². The average molecular weight is 816 g/mol. The summed E-state index contributed by atoms with van der Waals surface area (Å²) in [4.78, 5) is 104. The molecule has 3 heterocycles. The summed E-state index contributed by atoms with van der Waals surface area (Å²) >= 11 is 0. The van der Waals surface area contributed by atoms with Crippen LogP contribution in [-0.2, 0) is 40.1 Å². The normalized spacial score (nSPS) is 19.9. The van der Waals surface area contributed by atoms with Gasteiger partial charge in [0.05, 0.1) is 4.90 Å². The minimum Gasteiger partial charge on any atom is -0.370 e. The second kappa shape index (κ2) is 17.1. The number of nitrogens with two attached hydrogens (primary N) is 1. The molecule has 20 heteroatoms. The van der Waals surface area contributed by atoms with Crippen LogP contribution < -0.4 is 21.7 Å². The first-order chi connectivity index (χ1) is 26.2. The van der Waals surface area contributed by atoms with Gasteiger partial charge in [0.15, 0.2) is 9.84 Å². The van der Waals surface area contributed by atoms with Gasteiger partial charge >= 0.3 is 7.60 Å². The van der Waals surface area contributed by atoms with Gasteiger partial charge in [0, 0.05) is 60.9 Å². The predicted molar refractivity (Wildman–Crippen MR) is 203 cm³/mol. The second-order valence-corrected chi connectivity index (χ2v) is 17.9. The van der Waals surface area contributed by atoms with E-state index >= 15 is 0 Å². The molecule has 4 atom stereocenters. The Morgan fingerprint density at radius 2 is 1.71 bits per heavy atom. The van der Waals surface area contributed by atoms with Crippen molar-refractivity contribution in [1.82, 2.24) is 30.7 Å². The Morgan fingerprint density at radius 1 is 1.02 bits per heavy atom. The number of nitrogens with zero attached hydrogens (tertiary/aromatic N) is 2. The van der Waals surface area contributed by atoms with Crippen LogP contribution in [0.2, 0.25) is 0 Å². The SMILES string of the molecule is CC(C)N1CC[C@H]2CC[C@@H](C(=O)N[C@@H](CCC(N)=O)C(=O)NCc3ccc(S(C)(=O)=O)cc3)N2C(=O)[C@@H](NC(=O)c2cc3cc(C(=O)P(=O)(O)O)ccc3[nH]2)C1. The number of sulfone groups is 1. The van der Waals surface area contributed by atoms with Crippen LogP contribution >= 0.6 is 7.60 Å².